The van der Waals surface area contributed by atoms with E-state index >= 15 is 0 Å². The molecule has 0 unspecified atom stereocenters. The lowest BCUT2D eigenvalue weighted by atomic mass is 10.2. The molecule has 1 fully saturated rings. The van der Waals surface area contributed by atoms with Crippen molar-refractivity contribution in [1.29, 1.82) is 0 Å². The number of halogens is 1. The lowest BCUT2D eigenvalue weighted by Gasteiger charge is -2.12. The van der Waals surface area contributed by atoms with E-state index in [9.17, 15) is 4.79 Å². The van der Waals surface area contributed by atoms with Gasteiger partial charge >= 0.3 is 0 Å². The summed E-state index contributed by atoms with van der Waals surface area (Å²) in [5.41, 5.74) is 1.06. The zero-order chi connectivity index (χ0) is 14.4. The lowest BCUT2D eigenvalue weighted by Crippen LogP contribution is -2.30. The third kappa shape index (κ3) is 5.13. The molecule has 1 aliphatic rings. The second kappa shape index (κ2) is 7.64. The Kier molecular flexibility index (Phi) is 5.86. The van der Waals surface area contributed by atoms with Gasteiger partial charge in [0, 0.05) is 22.6 Å². The van der Waals surface area contributed by atoms with Crippen molar-refractivity contribution in [1.82, 2.24) is 10.6 Å². The fourth-order valence-corrected chi connectivity index (χ4v) is 2.28. The van der Waals surface area contributed by atoms with Crippen molar-refractivity contribution in [2.24, 2.45) is 0 Å². The molecule has 0 heterocycles. The summed E-state index contributed by atoms with van der Waals surface area (Å²) in [5.74, 6) is 0.727. The first-order valence-corrected chi connectivity index (χ1v) is 7.89. The van der Waals surface area contributed by atoms with Crippen LogP contribution in [0.15, 0.2) is 22.7 Å². The molecule has 1 aliphatic carbocycles. The van der Waals surface area contributed by atoms with Crippen LogP contribution in [0.1, 0.15) is 31.7 Å². The van der Waals surface area contributed by atoms with E-state index in [0.29, 0.717) is 6.04 Å². The molecule has 2 N–H and O–H groups in total. The molecule has 110 valence electrons. The number of nitrogens with one attached hydrogen (secondary N) is 2. The topological polar surface area (TPSA) is 50.4 Å². The Labute approximate surface area is 128 Å². The average Bonchev–Trinajstić information content (AvgIpc) is 3.22. The van der Waals surface area contributed by atoms with Gasteiger partial charge in [-0.1, -0.05) is 22.9 Å². The maximum Gasteiger partial charge on any atom is 0.258 e. The summed E-state index contributed by atoms with van der Waals surface area (Å²) in [4.78, 5) is 11.6. The van der Waals surface area contributed by atoms with Crippen LogP contribution in [0.25, 0.3) is 0 Å². The minimum absolute atomic E-state index is 0.0390. The minimum Gasteiger partial charge on any atom is -0.483 e. The van der Waals surface area contributed by atoms with E-state index in [1.54, 1.807) is 0 Å². The van der Waals surface area contributed by atoms with E-state index in [2.05, 4.69) is 33.5 Å². The first-order valence-electron chi connectivity index (χ1n) is 7.10. The monoisotopic (exact) mass is 340 g/mol. The van der Waals surface area contributed by atoms with E-state index in [0.717, 1.165) is 48.1 Å². The van der Waals surface area contributed by atoms with Crippen LogP contribution < -0.4 is 15.4 Å². The standard InChI is InChI=1S/C15H21BrN2O2/c1-2-7-17-9-11-8-12(16)3-6-14(11)20-10-15(19)18-13-4-5-13/h3,6,8,13,17H,2,4-5,7,9-10H2,1H3,(H,18,19). The Balaban J connectivity index is 1.89. The third-order valence-electron chi connectivity index (χ3n) is 3.07. The van der Waals surface area contributed by atoms with E-state index in [1.165, 1.54) is 0 Å². The zero-order valence-electron chi connectivity index (χ0n) is 11.7. The van der Waals surface area contributed by atoms with Gasteiger partial charge in [-0.15, -0.1) is 0 Å². The number of carbonyl (C=O) groups is 1. The molecule has 1 amide bonds. The average molecular weight is 341 g/mol. The molecule has 0 saturated heterocycles. The predicted molar refractivity (Wildman–Crippen MR) is 82.8 cm³/mol. The molecule has 0 atom stereocenters. The molecule has 5 heteroatoms. The summed E-state index contributed by atoms with van der Waals surface area (Å²) in [5, 5.41) is 6.27. The van der Waals surface area contributed by atoms with Gasteiger partial charge in [-0.25, -0.2) is 0 Å². The van der Waals surface area contributed by atoms with Gasteiger partial charge in [0.15, 0.2) is 6.61 Å². The van der Waals surface area contributed by atoms with Crippen LogP contribution in [0.3, 0.4) is 0 Å². The molecule has 1 saturated carbocycles. The highest BCUT2D eigenvalue weighted by Crippen LogP contribution is 2.23. The molecule has 0 radical (unpaired) electrons. The molecule has 0 aliphatic heterocycles. The van der Waals surface area contributed by atoms with Crippen LogP contribution >= 0.6 is 15.9 Å². The molecule has 0 bridgehead atoms. The molecule has 2 rings (SSSR count). The van der Waals surface area contributed by atoms with E-state index in [-0.39, 0.29) is 12.5 Å². The highest BCUT2D eigenvalue weighted by Gasteiger charge is 2.23. The van der Waals surface area contributed by atoms with Gasteiger partial charge in [0.2, 0.25) is 0 Å². The summed E-state index contributed by atoms with van der Waals surface area (Å²) >= 11 is 3.46. The number of ether oxygens (including phenoxy) is 1. The van der Waals surface area contributed by atoms with Gasteiger partial charge in [0.05, 0.1) is 0 Å². The van der Waals surface area contributed by atoms with Crippen LogP contribution in [0, 0.1) is 0 Å². The summed E-state index contributed by atoms with van der Waals surface area (Å²) in [6, 6.07) is 6.23. The Morgan fingerprint density at radius 3 is 2.95 bits per heavy atom. The smallest absolute Gasteiger partial charge is 0.258 e. The van der Waals surface area contributed by atoms with Crippen LogP contribution in [-0.4, -0.2) is 25.1 Å². The number of carbonyl (C=O) groups excluding carboxylic acids is 1. The molecule has 20 heavy (non-hydrogen) atoms. The second-order valence-electron chi connectivity index (χ2n) is 5.06. The van der Waals surface area contributed by atoms with Crippen molar-refractivity contribution in [3.63, 3.8) is 0 Å². The maximum absolute atomic E-state index is 11.6. The first-order chi connectivity index (χ1) is 9.69. The predicted octanol–water partition coefficient (Wildman–Crippen LogP) is 2.61. The van der Waals surface area contributed by atoms with Gasteiger partial charge in [-0.05, 0) is 44.0 Å². The molecule has 1 aromatic carbocycles. The summed E-state index contributed by atoms with van der Waals surface area (Å²) in [7, 11) is 0. The van der Waals surface area contributed by atoms with Crippen LogP contribution in [0.5, 0.6) is 5.75 Å². The van der Waals surface area contributed by atoms with Gasteiger partial charge in [0.25, 0.3) is 5.91 Å². The number of hydrogen-bond donors (Lipinski definition) is 2. The lowest BCUT2D eigenvalue weighted by molar-refractivity contribution is -0.123. The van der Waals surface area contributed by atoms with Crippen molar-refractivity contribution in [3.8, 4) is 5.75 Å². The highest BCUT2D eigenvalue weighted by molar-refractivity contribution is 9.10. The van der Waals surface area contributed by atoms with Crippen LogP contribution in [-0.2, 0) is 11.3 Å². The Morgan fingerprint density at radius 1 is 1.45 bits per heavy atom. The fourth-order valence-electron chi connectivity index (χ4n) is 1.87. The zero-order valence-corrected chi connectivity index (χ0v) is 13.3. The summed E-state index contributed by atoms with van der Waals surface area (Å²) in [6.45, 7) is 3.92. The number of benzene rings is 1. The summed E-state index contributed by atoms with van der Waals surface area (Å²) < 4.78 is 6.65. The summed E-state index contributed by atoms with van der Waals surface area (Å²) in [6.07, 6.45) is 3.28. The van der Waals surface area contributed by atoms with Gasteiger partial charge in [0.1, 0.15) is 5.75 Å². The van der Waals surface area contributed by atoms with Crippen molar-refractivity contribution < 1.29 is 9.53 Å². The van der Waals surface area contributed by atoms with E-state index in [1.807, 2.05) is 18.2 Å². The van der Waals surface area contributed by atoms with Crippen molar-refractivity contribution >= 4 is 21.8 Å². The molecular formula is C15H21BrN2O2. The van der Waals surface area contributed by atoms with Crippen LogP contribution in [0.4, 0.5) is 0 Å². The minimum atomic E-state index is -0.0390. The molecule has 0 spiro atoms. The Morgan fingerprint density at radius 2 is 2.25 bits per heavy atom. The van der Waals surface area contributed by atoms with Gasteiger partial charge < -0.3 is 15.4 Å². The van der Waals surface area contributed by atoms with E-state index < -0.39 is 0 Å². The molecule has 1 aromatic rings. The third-order valence-corrected chi connectivity index (χ3v) is 3.56. The normalized spacial score (nSPS) is 14.1. The van der Waals surface area contributed by atoms with E-state index in [4.69, 9.17) is 4.74 Å². The maximum atomic E-state index is 11.6. The van der Waals surface area contributed by atoms with Crippen molar-refractivity contribution in [3.05, 3.63) is 28.2 Å². The largest absolute Gasteiger partial charge is 0.483 e. The van der Waals surface area contributed by atoms with Crippen molar-refractivity contribution in [2.75, 3.05) is 13.2 Å². The van der Waals surface area contributed by atoms with Crippen molar-refractivity contribution in [2.45, 2.75) is 38.8 Å². The SMILES string of the molecule is CCCNCc1cc(Br)ccc1OCC(=O)NC1CC1. The second-order valence-corrected chi connectivity index (χ2v) is 5.97. The highest BCUT2D eigenvalue weighted by atomic mass is 79.9. The van der Waals surface area contributed by atoms with Gasteiger partial charge in [-0.3, -0.25) is 4.79 Å². The fraction of sp³-hybridized carbons (Fsp3) is 0.533. The number of rotatable bonds is 8. The molecule has 0 aromatic heterocycles. The quantitative estimate of drug-likeness (QED) is 0.715. The Bertz CT molecular complexity index is 461. The van der Waals surface area contributed by atoms with Gasteiger partial charge in [-0.2, -0.15) is 0 Å². The number of hydrogen-bond acceptors (Lipinski definition) is 3. The number of amides is 1. The Hall–Kier alpha value is -1.07. The van der Waals surface area contributed by atoms with Crippen LogP contribution in [0.2, 0.25) is 0 Å². The molecule has 4 nitrogen and oxygen atoms in total. The molecular weight excluding hydrogens is 320 g/mol. The first kappa shape index (κ1) is 15.3.